The van der Waals surface area contributed by atoms with Crippen molar-refractivity contribution in [3.8, 4) is 0 Å². The number of hydrogen-bond acceptors (Lipinski definition) is 6. The molecule has 1 unspecified atom stereocenters. The van der Waals surface area contributed by atoms with Gasteiger partial charge in [-0.3, -0.25) is 9.59 Å². The first-order chi connectivity index (χ1) is 13.9. The number of thiophene rings is 1. The van der Waals surface area contributed by atoms with Crippen LogP contribution < -0.4 is 10.9 Å². The van der Waals surface area contributed by atoms with E-state index in [0.717, 1.165) is 32.1 Å². The number of thioether (sulfide) groups is 1. The van der Waals surface area contributed by atoms with Gasteiger partial charge in [0.1, 0.15) is 16.5 Å². The number of para-hydroxylation sites is 2. The van der Waals surface area contributed by atoms with Gasteiger partial charge in [-0.1, -0.05) is 12.1 Å². The third-order valence-electron chi connectivity index (χ3n) is 4.80. The van der Waals surface area contributed by atoms with Crippen LogP contribution in [0.15, 0.2) is 29.1 Å². The van der Waals surface area contributed by atoms with E-state index in [-0.39, 0.29) is 16.7 Å². The molecule has 0 aliphatic rings. The Kier molecular flexibility index (Phi) is 5.42. The quantitative estimate of drug-likeness (QED) is 0.437. The second kappa shape index (κ2) is 8.00. The minimum Gasteiger partial charge on any atom is -0.348 e. The predicted octanol–water partition coefficient (Wildman–Crippen LogP) is 3.42. The fraction of sp³-hybridized carbons (Fsp3) is 0.300. The number of aromatic nitrogens is 4. The van der Waals surface area contributed by atoms with Crippen molar-refractivity contribution in [3.05, 3.63) is 56.7 Å². The third kappa shape index (κ3) is 4.06. The summed E-state index contributed by atoms with van der Waals surface area (Å²) in [6, 6.07) is 7.75. The van der Waals surface area contributed by atoms with Crippen molar-refractivity contribution < 1.29 is 4.79 Å². The van der Waals surface area contributed by atoms with Gasteiger partial charge in [-0.05, 0) is 38.5 Å². The maximum Gasteiger partial charge on any atom is 0.259 e. The smallest absolute Gasteiger partial charge is 0.259 e. The van der Waals surface area contributed by atoms with Crippen LogP contribution in [0.3, 0.4) is 0 Å². The normalized spacial score (nSPS) is 12.5. The number of amides is 1. The van der Waals surface area contributed by atoms with Crippen molar-refractivity contribution in [1.82, 2.24) is 25.3 Å². The summed E-state index contributed by atoms with van der Waals surface area (Å²) in [5.74, 6) is 1.68. The van der Waals surface area contributed by atoms with E-state index in [1.54, 1.807) is 0 Å². The number of aryl methyl sites for hydroxylation is 2. The Morgan fingerprint density at radius 1 is 1.21 bits per heavy atom. The van der Waals surface area contributed by atoms with E-state index in [9.17, 15) is 9.59 Å². The Bertz CT molecular complexity index is 1220. The van der Waals surface area contributed by atoms with Crippen molar-refractivity contribution >= 4 is 50.3 Å². The second-order valence-corrected chi connectivity index (χ2v) is 9.38. The Morgan fingerprint density at radius 2 is 2.00 bits per heavy atom. The zero-order valence-electron chi connectivity index (χ0n) is 16.3. The maximum absolute atomic E-state index is 12.4. The first kappa shape index (κ1) is 19.7. The van der Waals surface area contributed by atoms with Gasteiger partial charge in [0.15, 0.2) is 0 Å². The van der Waals surface area contributed by atoms with E-state index < -0.39 is 0 Å². The van der Waals surface area contributed by atoms with Crippen molar-refractivity contribution in [2.24, 2.45) is 0 Å². The second-order valence-electron chi connectivity index (χ2n) is 6.85. The lowest BCUT2D eigenvalue weighted by Crippen LogP contribution is -2.31. The number of carbonyl (C=O) groups is 1. The van der Waals surface area contributed by atoms with Gasteiger partial charge >= 0.3 is 0 Å². The summed E-state index contributed by atoms with van der Waals surface area (Å²) in [6.07, 6.45) is 0. The Balaban J connectivity index is 1.36. The lowest BCUT2D eigenvalue weighted by molar-refractivity contribution is -0.120. The van der Waals surface area contributed by atoms with E-state index in [2.05, 4.69) is 25.3 Å². The molecule has 1 amide bonds. The molecule has 4 aromatic rings. The van der Waals surface area contributed by atoms with Crippen LogP contribution in [0, 0.1) is 13.8 Å². The zero-order valence-corrected chi connectivity index (χ0v) is 18.0. The van der Waals surface area contributed by atoms with Crippen molar-refractivity contribution in [1.29, 1.82) is 0 Å². The van der Waals surface area contributed by atoms with Crippen LogP contribution in [0.2, 0.25) is 0 Å². The molecule has 0 spiro atoms. The molecule has 0 bridgehead atoms. The summed E-state index contributed by atoms with van der Waals surface area (Å²) in [5.41, 5.74) is 2.69. The number of nitrogens with zero attached hydrogens (tertiary/aromatic N) is 2. The number of nitrogens with one attached hydrogen (secondary N) is 3. The molecule has 7 nitrogen and oxygen atoms in total. The predicted molar refractivity (Wildman–Crippen MR) is 118 cm³/mol. The zero-order chi connectivity index (χ0) is 20.5. The molecule has 1 aromatic carbocycles. The molecule has 9 heteroatoms. The van der Waals surface area contributed by atoms with E-state index >= 15 is 0 Å². The van der Waals surface area contributed by atoms with Gasteiger partial charge in [-0.25, -0.2) is 9.97 Å². The van der Waals surface area contributed by atoms with Gasteiger partial charge in [-0.15, -0.1) is 23.1 Å². The standard InChI is InChI=1S/C20H21N5O2S2/c1-10-11(2)29-20-17(10)19(27)24-16(25-20)9-28-12(3)18(26)21-8-15-22-13-6-4-5-7-14(13)23-15/h4-7,12H,8-9H2,1-3H3,(H,21,26)(H,22,23)(H,24,25,27). The molecule has 4 rings (SSSR count). The molecular formula is C20H21N5O2S2. The third-order valence-corrected chi connectivity index (χ3v) is 7.05. The Labute approximate surface area is 175 Å². The highest BCUT2D eigenvalue weighted by Crippen LogP contribution is 2.26. The van der Waals surface area contributed by atoms with Crippen LogP contribution >= 0.6 is 23.1 Å². The summed E-state index contributed by atoms with van der Waals surface area (Å²) >= 11 is 2.96. The summed E-state index contributed by atoms with van der Waals surface area (Å²) < 4.78 is 0. The number of imidazole rings is 1. The van der Waals surface area contributed by atoms with Gasteiger partial charge in [0, 0.05) is 4.88 Å². The minimum absolute atomic E-state index is 0.0818. The van der Waals surface area contributed by atoms with Crippen LogP contribution in [0.5, 0.6) is 0 Å². The van der Waals surface area contributed by atoms with E-state index in [0.29, 0.717) is 23.5 Å². The summed E-state index contributed by atoms with van der Waals surface area (Å²) in [6.45, 7) is 6.11. The summed E-state index contributed by atoms with van der Waals surface area (Å²) in [7, 11) is 0. The highest BCUT2D eigenvalue weighted by Gasteiger charge is 2.16. The number of benzene rings is 1. The Hall–Kier alpha value is -2.65. The van der Waals surface area contributed by atoms with Crippen LogP contribution in [-0.4, -0.2) is 31.1 Å². The molecule has 0 fully saturated rings. The largest absolute Gasteiger partial charge is 0.348 e. The highest BCUT2D eigenvalue weighted by molar-refractivity contribution is 7.99. The summed E-state index contributed by atoms with van der Waals surface area (Å²) in [4.78, 5) is 41.7. The number of hydrogen-bond donors (Lipinski definition) is 3. The average Bonchev–Trinajstić information content (AvgIpc) is 3.24. The number of fused-ring (bicyclic) bond motifs is 2. The molecule has 0 aliphatic carbocycles. The topological polar surface area (TPSA) is 104 Å². The fourth-order valence-corrected chi connectivity index (χ4v) is 4.88. The first-order valence-corrected chi connectivity index (χ1v) is 11.1. The maximum atomic E-state index is 12.4. The summed E-state index contributed by atoms with van der Waals surface area (Å²) in [5, 5.41) is 3.28. The van der Waals surface area contributed by atoms with Gasteiger partial charge in [0.25, 0.3) is 5.56 Å². The highest BCUT2D eigenvalue weighted by atomic mass is 32.2. The lowest BCUT2D eigenvalue weighted by atomic mass is 10.2. The van der Waals surface area contributed by atoms with Crippen LogP contribution in [0.1, 0.15) is 29.0 Å². The molecule has 0 radical (unpaired) electrons. The average molecular weight is 428 g/mol. The Morgan fingerprint density at radius 3 is 2.79 bits per heavy atom. The minimum atomic E-state index is -0.285. The van der Waals surface area contributed by atoms with Gasteiger partial charge < -0.3 is 15.3 Å². The van der Waals surface area contributed by atoms with E-state index in [1.165, 1.54) is 23.1 Å². The lowest BCUT2D eigenvalue weighted by Gasteiger charge is -2.11. The number of aromatic amines is 2. The molecule has 1 atom stereocenters. The monoisotopic (exact) mass is 427 g/mol. The number of rotatable bonds is 6. The molecular weight excluding hydrogens is 406 g/mol. The van der Waals surface area contributed by atoms with Crippen LogP contribution in [0.25, 0.3) is 21.3 Å². The van der Waals surface area contributed by atoms with E-state index in [1.807, 2.05) is 45.0 Å². The molecule has 0 saturated heterocycles. The van der Waals surface area contributed by atoms with Crippen molar-refractivity contribution in [2.75, 3.05) is 0 Å². The van der Waals surface area contributed by atoms with Gasteiger partial charge in [0.05, 0.1) is 34.0 Å². The number of carbonyl (C=O) groups excluding carboxylic acids is 1. The van der Waals surface area contributed by atoms with Gasteiger partial charge in [-0.2, -0.15) is 0 Å². The van der Waals surface area contributed by atoms with Crippen molar-refractivity contribution in [2.45, 2.75) is 38.3 Å². The van der Waals surface area contributed by atoms with Crippen LogP contribution in [0.4, 0.5) is 0 Å². The first-order valence-electron chi connectivity index (χ1n) is 9.24. The van der Waals surface area contributed by atoms with Crippen molar-refractivity contribution in [3.63, 3.8) is 0 Å². The molecule has 3 aromatic heterocycles. The molecule has 150 valence electrons. The molecule has 0 aliphatic heterocycles. The molecule has 29 heavy (non-hydrogen) atoms. The molecule has 3 N–H and O–H groups in total. The number of H-pyrrole nitrogens is 2. The fourth-order valence-electron chi connectivity index (χ4n) is 3.05. The molecule has 3 heterocycles. The van der Waals surface area contributed by atoms with E-state index in [4.69, 9.17) is 0 Å². The van der Waals surface area contributed by atoms with Crippen LogP contribution in [-0.2, 0) is 17.1 Å². The van der Waals surface area contributed by atoms with Gasteiger partial charge in [0.2, 0.25) is 5.91 Å². The molecule has 0 saturated carbocycles. The SMILES string of the molecule is Cc1sc2nc(CSC(C)C(=O)NCc3nc4ccccc4[nH]3)[nH]c(=O)c2c1C.